The Morgan fingerprint density at radius 1 is 1.24 bits per heavy atom. The number of allylic oxidation sites excluding steroid dienone is 3. The molecular formula is C17H18F3N3O5S. The molecule has 0 spiro atoms. The molecule has 0 amide bonds. The predicted molar refractivity (Wildman–Crippen MR) is 95.5 cm³/mol. The Balaban J connectivity index is 2.09. The van der Waals surface area contributed by atoms with Crippen molar-refractivity contribution in [1.29, 1.82) is 0 Å². The number of ether oxygens (including phenoxy) is 1. The van der Waals surface area contributed by atoms with E-state index in [4.69, 9.17) is 4.74 Å². The van der Waals surface area contributed by atoms with Gasteiger partial charge in [-0.15, -0.1) is 0 Å². The summed E-state index contributed by atoms with van der Waals surface area (Å²) >= 11 is 0. The van der Waals surface area contributed by atoms with Gasteiger partial charge in [0, 0.05) is 12.6 Å². The van der Waals surface area contributed by atoms with Gasteiger partial charge in [-0.25, -0.2) is 9.79 Å². The molecular weight excluding hydrogens is 415 g/mol. The van der Waals surface area contributed by atoms with Crippen molar-refractivity contribution in [2.45, 2.75) is 38.1 Å². The number of esters is 1. The lowest BCUT2D eigenvalue weighted by atomic mass is 9.88. The van der Waals surface area contributed by atoms with Crippen molar-refractivity contribution in [2.75, 3.05) is 6.61 Å². The summed E-state index contributed by atoms with van der Waals surface area (Å²) in [5.74, 6) is -1.29. The first-order valence-electron chi connectivity index (χ1n) is 8.77. The van der Waals surface area contributed by atoms with Crippen molar-refractivity contribution in [2.24, 2.45) is 12.0 Å². The van der Waals surface area contributed by atoms with E-state index in [0.717, 1.165) is 5.57 Å². The number of carbonyl (C=O) groups excluding carboxylic acids is 1. The highest BCUT2D eigenvalue weighted by molar-refractivity contribution is 7.87. The monoisotopic (exact) mass is 433 g/mol. The molecule has 1 aromatic rings. The van der Waals surface area contributed by atoms with Gasteiger partial charge < -0.3 is 8.92 Å². The molecule has 0 radical (unpaired) electrons. The molecule has 1 aliphatic carbocycles. The van der Waals surface area contributed by atoms with Crippen LogP contribution >= 0.6 is 0 Å². The van der Waals surface area contributed by atoms with E-state index in [-0.39, 0.29) is 24.4 Å². The number of hydrogen-bond acceptors (Lipinski definition) is 7. The van der Waals surface area contributed by atoms with E-state index in [1.165, 1.54) is 10.8 Å². The standard InChI is InChI=1S/C17H18F3N3O5S/c1-3-27-16(24)14-11-9-8-10-6-4-5-7-12(28-29(25,26)17(18,19)20)21-13(10)15(11)23(2)22-14/h6-7H,3-5,8-9H2,1-2H3. The molecule has 1 aliphatic heterocycles. The molecule has 1 aromatic heterocycles. The summed E-state index contributed by atoms with van der Waals surface area (Å²) < 4.78 is 71.6. The molecule has 0 aromatic carbocycles. The summed E-state index contributed by atoms with van der Waals surface area (Å²) in [6, 6.07) is 0. The van der Waals surface area contributed by atoms with Crippen LogP contribution in [0, 0.1) is 0 Å². The van der Waals surface area contributed by atoms with Gasteiger partial charge in [0.05, 0.1) is 18.0 Å². The topological polar surface area (TPSA) is 99.8 Å². The second-order valence-corrected chi connectivity index (χ2v) is 7.85. The van der Waals surface area contributed by atoms with Gasteiger partial charge in [0.1, 0.15) is 0 Å². The Morgan fingerprint density at radius 2 is 1.93 bits per heavy atom. The quantitative estimate of drug-likeness (QED) is 0.411. The van der Waals surface area contributed by atoms with Crippen molar-refractivity contribution < 1.29 is 35.3 Å². The van der Waals surface area contributed by atoms with Crippen LogP contribution < -0.4 is 0 Å². The van der Waals surface area contributed by atoms with E-state index in [0.29, 0.717) is 30.5 Å². The van der Waals surface area contributed by atoms with Crippen LogP contribution in [0.1, 0.15) is 47.9 Å². The van der Waals surface area contributed by atoms with E-state index >= 15 is 0 Å². The molecule has 12 heteroatoms. The summed E-state index contributed by atoms with van der Waals surface area (Å²) in [5, 5.41) is 4.17. The number of aryl methyl sites for hydroxylation is 1. The Kier molecular flexibility index (Phi) is 5.57. The van der Waals surface area contributed by atoms with Crippen molar-refractivity contribution in [3.05, 3.63) is 40.6 Å². The molecule has 0 N–H and O–H groups in total. The molecule has 2 heterocycles. The maximum Gasteiger partial charge on any atom is 0.534 e. The molecule has 3 rings (SSSR count). The van der Waals surface area contributed by atoms with Gasteiger partial charge in [-0.3, -0.25) is 4.68 Å². The minimum absolute atomic E-state index is 0.0996. The molecule has 2 aliphatic rings. The van der Waals surface area contributed by atoms with Crippen LogP contribution in [0.2, 0.25) is 0 Å². The lowest BCUT2D eigenvalue weighted by Gasteiger charge is -2.21. The summed E-state index contributed by atoms with van der Waals surface area (Å²) in [4.78, 5) is 16.3. The highest BCUT2D eigenvalue weighted by Crippen LogP contribution is 2.32. The van der Waals surface area contributed by atoms with Crippen molar-refractivity contribution in [3.63, 3.8) is 0 Å². The van der Waals surface area contributed by atoms with Crippen LogP contribution in [0.3, 0.4) is 0 Å². The average Bonchev–Trinajstić information content (AvgIpc) is 2.93. The second-order valence-electron chi connectivity index (χ2n) is 6.31. The Bertz CT molecular complexity index is 1040. The second kappa shape index (κ2) is 7.65. The lowest BCUT2D eigenvalue weighted by Crippen LogP contribution is -2.26. The van der Waals surface area contributed by atoms with E-state index < -0.39 is 27.5 Å². The first-order chi connectivity index (χ1) is 13.5. The number of halogens is 3. The highest BCUT2D eigenvalue weighted by Gasteiger charge is 2.49. The smallest absolute Gasteiger partial charge is 0.461 e. The SMILES string of the molecule is CCOC(=O)c1nn(C)c2c1CCC1=CCCC=C(OS(=O)(=O)C(F)(F)F)N=C12. The third kappa shape index (κ3) is 4.07. The van der Waals surface area contributed by atoms with Crippen molar-refractivity contribution in [1.82, 2.24) is 9.78 Å². The zero-order chi connectivity index (χ0) is 21.4. The first kappa shape index (κ1) is 21.1. The zero-order valence-electron chi connectivity index (χ0n) is 15.6. The largest absolute Gasteiger partial charge is 0.534 e. The summed E-state index contributed by atoms with van der Waals surface area (Å²) in [5.41, 5.74) is -3.58. The Labute approximate surface area is 164 Å². The van der Waals surface area contributed by atoms with Crippen molar-refractivity contribution >= 4 is 21.8 Å². The molecule has 0 saturated carbocycles. The van der Waals surface area contributed by atoms with Crippen LogP contribution in [-0.2, 0) is 32.5 Å². The summed E-state index contributed by atoms with van der Waals surface area (Å²) in [7, 11) is -4.30. The molecule has 158 valence electrons. The van der Waals surface area contributed by atoms with Crippen LogP contribution in [-0.4, -0.2) is 42.0 Å². The average molecular weight is 433 g/mol. The normalized spacial score (nSPS) is 17.1. The van der Waals surface area contributed by atoms with Gasteiger partial charge in [0.25, 0.3) is 0 Å². The highest BCUT2D eigenvalue weighted by atomic mass is 32.2. The van der Waals surface area contributed by atoms with Gasteiger partial charge in [0.2, 0.25) is 5.88 Å². The molecule has 0 fully saturated rings. The number of aliphatic imine (C=N–C) groups is 1. The molecule has 29 heavy (non-hydrogen) atoms. The van der Waals surface area contributed by atoms with E-state index in [1.54, 1.807) is 14.0 Å². The van der Waals surface area contributed by atoms with Crippen LogP contribution in [0.5, 0.6) is 0 Å². The van der Waals surface area contributed by atoms with Crippen molar-refractivity contribution in [3.8, 4) is 0 Å². The number of nitrogens with zero attached hydrogens (tertiary/aromatic N) is 3. The fraction of sp³-hybridized carbons (Fsp3) is 0.471. The number of aromatic nitrogens is 2. The molecule has 0 saturated heterocycles. The fourth-order valence-corrected chi connectivity index (χ4v) is 3.58. The number of alkyl halides is 3. The van der Waals surface area contributed by atoms with Crippen LogP contribution in [0.15, 0.2) is 28.6 Å². The maximum absolute atomic E-state index is 12.7. The molecule has 0 bridgehead atoms. The molecule has 0 atom stereocenters. The van der Waals surface area contributed by atoms with Gasteiger partial charge in [-0.2, -0.15) is 26.7 Å². The minimum Gasteiger partial charge on any atom is -0.461 e. The number of fused-ring (bicyclic) bond motifs is 3. The Hall–Kier alpha value is -2.63. The molecule has 8 nitrogen and oxygen atoms in total. The van der Waals surface area contributed by atoms with Gasteiger partial charge >= 0.3 is 21.6 Å². The van der Waals surface area contributed by atoms with Gasteiger partial charge in [-0.1, -0.05) is 6.08 Å². The number of rotatable bonds is 4. The minimum atomic E-state index is -5.86. The van der Waals surface area contributed by atoms with Gasteiger partial charge in [-0.05, 0) is 44.3 Å². The molecule has 0 unspecified atom stereocenters. The van der Waals surface area contributed by atoms with E-state index in [2.05, 4.69) is 14.3 Å². The third-order valence-corrected chi connectivity index (χ3v) is 5.32. The first-order valence-corrected chi connectivity index (χ1v) is 10.2. The number of carbonyl (C=O) groups is 1. The van der Waals surface area contributed by atoms with Gasteiger partial charge in [0.15, 0.2) is 5.69 Å². The zero-order valence-corrected chi connectivity index (χ0v) is 16.4. The predicted octanol–water partition coefficient (Wildman–Crippen LogP) is 2.76. The van der Waals surface area contributed by atoms with E-state index in [9.17, 15) is 26.4 Å². The number of hydrogen-bond donors (Lipinski definition) is 0. The van der Waals surface area contributed by atoms with Crippen LogP contribution in [0.25, 0.3) is 0 Å². The summed E-state index contributed by atoms with van der Waals surface area (Å²) in [6.45, 7) is 1.81. The Morgan fingerprint density at radius 3 is 2.59 bits per heavy atom. The lowest BCUT2D eigenvalue weighted by molar-refractivity contribution is -0.0522. The third-order valence-electron chi connectivity index (χ3n) is 4.36. The fourth-order valence-electron chi connectivity index (χ4n) is 3.15. The van der Waals surface area contributed by atoms with Crippen LogP contribution in [0.4, 0.5) is 13.2 Å². The summed E-state index contributed by atoms with van der Waals surface area (Å²) in [6.07, 6.45) is 4.71. The maximum atomic E-state index is 12.7. The van der Waals surface area contributed by atoms with E-state index in [1.807, 2.05) is 6.08 Å².